The zero-order valence-corrected chi connectivity index (χ0v) is 24.4. The van der Waals surface area contributed by atoms with Gasteiger partial charge in [0.25, 0.3) is 0 Å². The topological polar surface area (TPSA) is 51.2 Å². The highest BCUT2D eigenvalue weighted by Crippen LogP contribution is 2.31. The Morgan fingerprint density at radius 2 is 1.42 bits per heavy atom. The van der Waals surface area contributed by atoms with E-state index in [1.54, 1.807) is 35.6 Å². The van der Waals surface area contributed by atoms with Crippen LogP contribution in [-0.4, -0.2) is 5.52 Å². The van der Waals surface area contributed by atoms with Gasteiger partial charge < -0.3 is 4.57 Å². The van der Waals surface area contributed by atoms with Gasteiger partial charge in [-0.05, 0) is 74.1 Å². The maximum absolute atomic E-state index is 12.6. The molecule has 1 unspecified atom stereocenters. The van der Waals surface area contributed by atoms with E-state index in [0.29, 0.717) is 10.9 Å². The summed E-state index contributed by atoms with van der Waals surface area (Å²) < 4.78 is 14.6. The zero-order chi connectivity index (χ0) is 27.4. The minimum absolute atomic E-state index is 0.175. The molecule has 0 aliphatic heterocycles. The van der Waals surface area contributed by atoms with Crippen molar-refractivity contribution in [3.8, 4) is 0 Å². The van der Waals surface area contributed by atoms with Crippen LogP contribution in [0.3, 0.4) is 0 Å². The van der Waals surface area contributed by atoms with Gasteiger partial charge in [0.05, 0.1) is 0 Å². The average Bonchev–Trinajstić information content (AvgIpc) is 2.92. The van der Waals surface area contributed by atoms with E-state index < -0.39 is 7.80 Å². The van der Waals surface area contributed by atoms with Crippen molar-refractivity contribution in [2.75, 3.05) is 0 Å². The fourth-order valence-electron chi connectivity index (χ4n) is 4.88. The molecule has 0 radical (unpaired) electrons. The van der Waals surface area contributed by atoms with Crippen molar-refractivity contribution in [1.29, 1.82) is 0 Å². The van der Waals surface area contributed by atoms with Crippen LogP contribution in [-0.2, 0) is 17.4 Å². The summed E-state index contributed by atoms with van der Waals surface area (Å²) in [7, 11) is -2.44. The van der Waals surface area contributed by atoms with Crippen molar-refractivity contribution >= 4 is 50.1 Å². The number of carbonyl (C=O) groups excluding carboxylic acids is 1. The summed E-state index contributed by atoms with van der Waals surface area (Å²) in [4.78, 5) is 25.1. The van der Waals surface area contributed by atoms with Crippen molar-refractivity contribution in [3.63, 3.8) is 0 Å². The monoisotopic (exact) mass is 540 g/mol. The van der Waals surface area contributed by atoms with Crippen molar-refractivity contribution < 1.29 is 9.36 Å². The van der Waals surface area contributed by atoms with E-state index in [-0.39, 0.29) is 11.0 Å². The summed E-state index contributed by atoms with van der Waals surface area (Å²) in [6.45, 7) is 10.1. The van der Waals surface area contributed by atoms with Gasteiger partial charge in [-0.3, -0.25) is 9.59 Å². The lowest BCUT2D eigenvalue weighted by Gasteiger charge is -2.10. The number of rotatable bonds is 5. The number of benzene rings is 4. The SMILES string of the molecule is CCc1cc(CC)c2sc3ccccc3c(=O)c2c1.Cc1cc(C)c(C(=O)[PH](=O)c2ccccc2)c(C)c1. The Labute approximate surface area is 229 Å². The number of hydrogen-bond acceptors (Lipinski definition) is 4. The highest BCUT2D eigenvalue weighted by atomic mass is 32.1. The Bertz CT molecular complexity index is 1700. The lowest BCUT2D eigenvalue weighted by Crippen LogP contribution is -2.07. The third-order valence-corrected chi connectivity index (χ3v) is 9.53. The smallest absolute Gasteiger partial charge is 0.223 e. The van der Waals surface area contributed by atoms with Crippen molar-refractivity contribution in [2.24, 2.45) is 0 Å². The first-order valence-electron chi connectivity index (χ1n) is 12.9. The van der Waals surface area contributed by atoms with Crippen LogP contribution in [0.2, 0.25) is 0 Å². The second-order valence-corrected chi connectivity index (χ2v) is 12.3. The molecule has 194 valence electrons. The van der Waals surface area contributed by atoms with E-state index in [1.807, 2.05) is 63.2 Å². The Morgan fingerprint density at radius 3 is 2.05 bits per heavy atom. The van der Waals surface area contributed by atoms with Crippen LogP contribution >= 0.6 is 19.1 Å². The van der Waals surface area contributed by atoms with Gasteiger partial charge in [-0.1, -0.05) is 80.1 Å². The molecule has 38 heavy (non-hydrogen) atoms. The van der Waals surface area contributed by atoms with Crippen LogP contribution in [0.4, 0.5) is 0 Å². The standard InChI is InChI=1S/C17H16OS.C16H17O2P/c1-3-11-9-12(4-2)17-14(10-11)16(18)13-7-5-6-8-15(13)19-17;1-11-9-12(2)15(13(3)10-11)16(17)19(18)14-7-5-4-6-8-14/h5-10H,3-4H2,1-2H3;4-10,19H,1-3H3. The summed E-state index contributed by atoms with van der Waals surface area (Å²) in [6, 6.07) is 25.1. The Balaban J connectivity index is 0.000000177. The van der Waals surface area contributed by atoms with Gasteiger partial charge in [0.1, 0.15) is 0 Å². The number of fused-ring (bicyclic) bond motifs is 2. The van der Waals surface area contributed by atoms with E-state index in [0.717, 1.165) is 49.7 Å². The van der Waals surface area contributed by atoms with Gasteiger partial charge in [0.15, 0.2) is 13.2 Å². The quantitative estimate of drug-likeness (QED) is 0.167. The summed E-state index contributed by atoms with van der Waals surface area (Å²) in [5, 5.41) is 2.35. The number of hydrogen-bond donors (Lipinski definition) is 0. The summed E-state index contributed by atoms with van der Waals surface area (Å²) >= 11 is 1.74. The fraction of sp³-hybridized carbons (Fsp3) is 0.212. The molecule has 5 rings (SSSR count). The first-order valence-corrected chi connectivity index (χ1v) is 15.2. The van der Waals surface area contributed by atoms with Crippen molar-refractivity contribution in [1.82, 2.24) is 0 Å². The van der Waals surface area contributed by atoms with Crippen molar-refractivity contribution in [2.45, 2.75) is 47.5 Å². The van der Waals surface area contributed by atoms with Gasteiger partial charge in [-0.15, -0.1) is 11.3 Å². The second-order valence-electron chi connectivity index (χ2n) is 9.56. The molecule has 0 fully saturated rings. The molecule has 0 saturated heterocycles. The van der Waals surface area contributed by atoms with E-state index in [1.165, 1.54) is 11.1 Å². The molecular weight excluding hydrogens is 507 g/mol. The molecule has 3 nitrogen and oxygen atoms in total. The van der Waals surface area contributed by atoms with Crippen molar-refractivity contribution in [3.05, 3.63) is 122 Å². The predicted octanol–water partition coefficient (Wildman–Crippen LogP) is 8.18. The minimum atomic E-state index is -2.44. The molecule has 4 aromatic carbocycles. The Morgan fingerprint density at radius 1 is 0.789 bits per heavy atom. The molecular formula is C33H33O3PS. The number of aryl methyl sites for hydroxylation is 5. The maximum Gasteiger partial charge on any atom is 0.223 e. The molecule has 0 N–H and O–H groups in total. The minimum Gasteiger partial charge on any atom is -0.313 e. The van der Waals surface area contributed by atoms with Crippen LogP contribution in [0.1, 0.15) is 52.0 Å². The highest BCUT2D eigenvalue weighted by Gasteiger charge is 2.20. The van der Waals surface area contributed by atoms with Gasteiger partial charge in [0.2, 0.25) is 5.52 Å². The molecule has 0 aliphatic carbocycles. The average molecular weight is 541 g/mol. The van der Waals surface area contributed by atoms with Crippen LogP contribution < -0.4 is 10.7 Å². The Hall–Kier alpha value is -3.33. The summed E-state index contributed by atoms with van der Waals surface area (Å²) in [5.74, 6) is 0. The molecule has 5 aromatic rings. The van der Waals surface area contributed by atoms with Crippen LogP contribution in [0.5, 0.6) is 0 Å². The van der Waals surface area contributed by atoms with E-state index in [9.17, 15) is 14.2 Å². The molecule has 5 heteroatoms. The van der Waals surface area contributed by atoms with E-state index in [2.05, 4.69) is 26.0 Å². The largest absolute Gasteiger partial charge is 0.313 e. The maximum atomic E-state index is 12.6. The van der Waals surface area contributed by atoms with Crippen LogP contribution in [0.25, 0.3) is 20.2 Å². The summed E-state index contributed by atoms with van der Waals surface area (Å²) in [6.07, 6.45) is 1.94. The first-order chi connectivity index (χ1) is 18.2. The molecule has 0 aliphatic rings. The van der Waals surface area contributed by atoms with Gasteiger partial charge in [-0.2, -0.15) is 0 Å². The molecule has 0 bridgehead atoms. The third kappa shape index (κ3) is 5.72. The van der Waals surface area contributed by atoms with Crippen LogP contribution in [0.15, 0.2) is 83.7 Å². The predicted molar refractivity (Wildman–Crippen MR) is 164 cm³/mol. The van der Waals surface area contributed by atoms with E-state index in [4.69, 9.17) is 0 Å². The van der Waals surface area contributed by atoms with E-state index >= 15 is 0 Å². The highest BCUT2D eigenvalue weighted by molar-refractivity contribution is 7.71. The fourth-order valence-corrected chi connectivity index (χ4v) is 7.49. The number of carbonyl (C=O) groups is 1. The Kier molecular flexibility index (Phi) is 8.76. The molecule has 1 heterocycles. The third-order valence-electron chi connectivity index (χ3n) is 6.75. The second kappa shape index (κ2) is 12.0. The molecule has 1 aromatic heterocycles. The van der Waals surface area contributed by atoms with Gasteiger partial charge in [0, 0.05) is 31.0 Å². The molecule has 0 saturated carbocycles. The molecule has 0 spiro atoms. The normalized spacial score (nSPS) is 11.7. The van der Waals surface area contributed by atoms with Crippen LogP contribution in [0, 0.1) is 20.8 Å². The van der Waals surface area contributed by atoms with Gasteiger partial charge >= 0.3 is 0 Å². The van der Waals surface area contributed by atoms with Gasteiger partial charge in [-0.25, -0.2) is 0 Å². The summed E-state index contributed by atoms with van der Waals surface area (Å²) in [5.41, 5.74) is 6.00. The lowest BCUT2D eigenvalue weighted by molar-refractivity contribution is 0.107. The molecule has 1 atom stereocenters. The zero-order valence-electron chi connectivity index (χ0n) is 22.6. The first kappa shape index (κ1) is 27.7. The molecule has 0 amide bonds. The lowest BCUT2D eigenvalue weighted by atomic mass is 10.0.